The zero-order valence-corrected chi connectivity index (χ0v) is 10.9. The molecule has 0 saturated carbocycles. The van der Waals surface area contributed by atoms with Crippen LogP contribution in [-0.2, 0) is 0 Å². The van der Waals surface area contributed by atoms with E-state index in [1.165, 1.54) is 4.68 Å². The molecule has 0 aliphatic carbocycles. The first-order chi connectivity index (χ1) is 8.58. The minimum absolute atomic E-state index is 0.214. The third kappa shape index (κ3) is 2.71. The standard InChI is InChI=1S/C13H13ClN2O2/c1-9-8-11(14)4-5-12(9)18-10(2)13(17)16-7-3-6-15-16/h3-8,10H,1-2H3/t10-/m0/s1. The van der Waals surface area contributed by atoms with Gasteiger partial charge in [-0.05, 0) is 43.7 Å². The zero-order chi connectivity index (χ0) is 13.1. The molecule has 0 aliphatic heterocycles. The molecule has 1 atom stereocenters. The molecule has 2 rings (SSSR count). The van der Waals surface area contributed by atoms with Gasteiger partial charge in [0.05, 0.1) is 0 Å². The van der Waals surface area contributed by atoms with Crippen LogP contribution in [0.5, 0.6) is 5.75 Å². The Hall–Kier alpha value is -1.81. The fourth-order valence-corrected chi connectivity index (χ4v) is 1.80. The lowest BCUT2D eigenvalue weighted by molar-refractivity contribution is 0.0709. The van der Waals surface area contributed by atoms with Crippen molar-refractivity contribution in [2.45, 2.75) is 20.0 Å². The van der Waals surface area contributed by atoms with E-state index in [4.69, 9.17) is 16.3 Å². The molecule has 0 aliphatic rings. The van der Waals surface area contributed by atoms with Gasteiger partial charge >= 0.3 is 0 Å². The molecule has 0 N–H and O–H groups in total. The lowest BCUT2D eigenvalue weighted by atomic mass is 10.2. The Bertz CT molecular complexity index is 552. The number of nitrogens with zero attached hydrogens (tertiary/aromatic N) is 2. The van der Waals surface area contributed by atoms with Crippen LogP contribution >= 0.6 is 11.6 Å². The molecule has 18 heavy (non-hydrogen) atoms. The summed E-state index contributed by atoms with van der Waals surface area (Å²) in [6.07, 6.45) is 2.54. The molecule has 1 aromatic carbocycles. The molecule has 1 heterocycles. The average Bonchev–Trinajstić information content (AvgIpc) is 2.85. The van der Waals surface area contributed by atoms with Crippen molar-refractivity contribution >= 4 is 17.5 Å². The van der Waals surface area contributed by atoms with Gasteiger partial charge in [0.1, 0.15) is 5.75 Å². The highest BCUT2D eigenvalue weighted by Gasteiger charge is 2.17. The molecule has 0 saturated heterocycles. The molecule has 0 spiro atoms. The normalized spacial score (nSPS) is 12.2. The average molecular weight is 265 g/mol. The van der Waals surface area contributed by atoms with Crippen LogP contribution in [0.2, 0.25) is 5.02 Å². The number of hydrogen-bond acceptors (Lipinski definition) is 3. The Labute approximate surface area is 110 Å². The van der Waals surface area contributed by atoms with Gasteiger partial charge in [-0.3, -0.25) is 4.79 Å². The molecule has 0 amide bonds. The minimum atomic E-state index is -0.607. The Kier molecular flexibility index (Phi) is 3.67. The van der Waals surface area contributed by atoms with E-state index >= 15 is 0 Å². The van der Waals surface area contributed by atoms with Gasteiger partial charge in [0.2, 0.25) is 0 Å². The molecule has 2 aromatic rings. The van der Waals surface area contributed by atoms with E-state index in [1.54, 1.807) is 43.6 Å². The predicted molar refractivity (Wildman–Crippen MR) is 69.1 cm³/mol. The van der Waals surface area contributed by atoms with Gasteiger partial charge in [0.25, 0.3) is 5.91 Å². The van der Waals surface area contributed by atoms with Crippen LogP contribution in [-0.4, -0.2) is 21.8 Å². The summed E-state index contributed by atoms with van der Waals surface area (Å²) in [4.78, 5) is 11.9. The second-order valence-electron chi connectivity index (χ2n) is 3.96. The Morgan fingerprint density at radius 3 is 2.89 bits per heavy atom. The van der Waals surface area contributed by atoms with Crippen LogP contribution < -0.4 is 4.74 Å². The third-order valence-corrected chi connectivity index (χ3v) is 2.75. The number of ether oxygens (including phenoxy) is 1. The van der Waals surface area contributed by atoms with E-state index < -0.39 is 6.10 Å². The van der Waals surface area contributed by atoms with E-state index in [1.807, 2.05) is 6.92 Å². The first-order valence-corrected chi connectivity index (χ1v) is 5.92. The predicted octanol–water partition coefficient (Wildman–Crippen LogP) is 2.95. The molecular weight excluding hydrogens is 252 g/mol. The summed E-state index contributed by atoms with van der Waals surface area (Å²) in [5, 5.41) is 4.53. The number of benzene rings is 1. The topological polar surface area (TPSA) is 44.1 Å². The van der Waals surface area contributed by atoms with Crippen LogP contribution in [0, 0.1) is 6.92 Å². The summed E-state index contributed by atoms with van der Waals surface area (Å²) < 4.78 is 6.88. The van der Waals surface area contributed by atoms with E-state index in [0.717, 1.165) is 5.56 Å². The fourth-order valence-electron chi connectivity index (χ4n) is 1.57. The summed E-state index contributed by atoms with van der Waals surface area (Å²) in [5.74, 6) is 0.432. The van der Waals surface area contributed by atoms with Gasteiger partial charge in [0, 0.05) is 17.4 Å². The lowest BCUT2D eigenvalue weighted by Gasteiger charge is -2.15. The SMILES string of the molecule is Cc1cc(Cl)ccc1O[C@@H](C)C(=O)n1cccn1. The monoisotopic (exact) mass is 264 g/mol. The highest BCUT2D eigenvalue weighted by Crippen LogP contribution is 2.22. The van der Waals surface area contributed by atoms with Crippen molar-refractivity contribution < 1.29 is 9.53 Å². The van der Waals surface area contributed by atoms with E-state index in [2.05, 4.69) is 5.10 Å². The minimum Gasteiger partial charge on any atom is -0.481 e. The largest absolute Gasteiger partial charge is 0.481 e. The number of aromatic nitrogens is 2. The highest BCUT2D eigenvalue weighted by molar-refractivity contribution is 6.30. The summed E-state index contributed by atoms with van der Waals surface area (Å²) in [6, 6.07) is 6.97. The number of carbonyl (C=O) groups is 1. The number of carbonyl (C=O) groups excluding carboxylic acids is 1. The van der Waals surface area contributed by atoms with Crippen molar-refractivity contribution in [3.63, 3.8) is 0 Å². The summed E-state index contributed by atoms with van der Waals surface area (Å²) in [7, 11) is 0. The summed E-state index contributed by atoms with van der Waals surface area (Å²) >= 11 is 5.86. The van der Waals surface area contributed by atoms with E-state index in [0.29, 0.717) is 10.8 Å². The summed E-state index contributed by atoms with van der Waals surface area (Å²) in [6.45, 7) is 3.57. The van der Waals surface area contributed by atoms with Crippen LogP contribution in [0.4, 0.5) is 0 Å². The van der Waals surface area contributed by atoms with Gasteiger partial charge in [-0.1, -0.05) is 11.6 Å². The van der Waals surface area contributed by atoms with Crippen molar-refractivity contribution in [1.29, 1.82) is 0 Å². The zero-order valence-electron chi connectivity index (χ0n) is 10.1. The van der Waals surface area contributed by atoms with Crippen molar-refractivity contribution in [2.24, 2.45) is 0 Å². The Balaban J connectivity index is 2.11. The van der Waals surface area contributed by atoms with Crippen molar-refractivity contribution in [1.82, 2.24) is 9.78 Å². The maximum Gasteiger partial charge on any atom is 0.287 e. The van der Waals surface area contributed by atoms with Crippen LogP contribution in [0.3, 0.4) is 0 Å². The second-order valence-corrected chi connectivity index (χ2v) is 4.40. The molecule has 4 nitrogen and oxygen atoms in total. The first-order valence-electron chi connectivity index (χ1n) is 5.54. The van der Waals surface area contributed by atoms with E-state index in [-0.39, 0.29) is 5.91 Å². The van der Waals surface area contributed by atoms with Crippen molar-refractivity contribution in [2.75, 3.05) is 0 Å². The van der Waals surface area contributed by atoms with Gasteiger partial charge in [-0.15, -0.1) is 0 Å². The van der Waals surface area contributed by atoms with Crippen LogP contribution in [0.25, 0.3) is 0 Å². The van der Waals surface area contributed by atoms with Crippen molar-refractivity contribution in [3.8, 4) is 5.75 Å². The Morgan fingerprint density at radius 2 is 2.28 bits per heavy atom. The quantitative estimate of drug-likeness (QED) is 0.856. The number of aryl methyl sites for hydroxylation is 1. The highest BCUT2D eigenvalue weighted by atomic mass is 35.5. The molecular formula is C13H13ClN2O2. The van der Waals surface area contributed by atoms with E-state index in [9.17, 15) is 4.79 Å². The number of rotatable bonds is 3. The fraction of sp³-hybridized carbons (Fsp3) is 0.231. The van der Waals surface area contributed by atoms with Gasteiger partial charge < -0.3 is 4.74 Å². The second kappa shape index (κ2) is 5.23. The first kappa shape index (κ1) is 12.6. The number of halogens is 1. The maximum atomic E-state index is 11.9. The van der Waals surface area contributed by atoms with Crippen molar-refractivity contribution in [3.05, 3.63) is 47.2 Å². The van der Waals surface area contributed by atoms with Gasteiger partial charge in [-0.25, -0.2) is 4.68 Å². The van der Waals surface area contributed by atoms with Gasteiger partial charge in [0.15, 0.2) is 6.10 Å². The Morgan fingerprint density at radius 1 is 1.50 bits per heavy atom. The molecule has 0 radical (unpaired) electrons. The maximum absolute atomic E-state index is 11.9. The molecule has 1 aromatic heterocycles. The smallest absolute Gasteiger partial charge is 0.287 e. The van der Waals surface area contributed by atoms with Gasteiger partial charge in [-0.2, -0.15) is 5.10 Å². The van der Waals surface area contributed by atoms with Crippen LogP contribution in [0.1, 0.15) is 17.3 Å². The lowest BCUT2D eigenvalue weighted by Crippen LogP contribution is -2.29. The molecule has 5 heteroatoms. The molecule has 0 bridgehead atoms. The van der Waals surface area contributed by atoms with Crippen LogP contribution in [0.15, 0.2) is 36.7 Å². The molecule has 0 unspecified atom stereocenters. The third-order valence-electron chi connectivity index (χ3n) is 2.52. The molecule has 94 valence electrons. The number of hydrogen-bond donors (Lipinski definition) is 0. The molecule has 0 fully saturated rings. The summed E-state index contributed by atoms with van der Waals surface area (Å²) in [5.41, 5.74) is 0.891.